The molecule has 0 saturated carbocycles. The first-order valence-corrected chi connectivity index (χ1v) is 14.7. The predicted octanol–water partition coefficient (Wildman–Crippen LogP) is 5.73. The number of amides is 1. The number of halogens is 1. The molecule has 3 aromatic rings. The van der Waals surface area contributed by atoms with Gasteiger partial charge in [-0.3, -0.25) is 0 Å². The molecule has 9 nitrogen and oxygen atoms in total. The van der Waals surface area contributed by atoms with Gasteiger partial charge in [0.25, 0.3) is 0 Å². The molecule has 3 heterocycles. The summed E-state index contributed by atoms with van der Waals surface area (Å²) in [6.07, 6.45) is 6.02. The third kappa shape index (κ3) is 5.24. The Morgan fingerprint density at radius 2 is 1.76 bits per heavy atom. The zero-order chi connectivity index (χ0) is 28.6. The van der Waals surface area contributed by atoms with Crippen molar-refractivity contribution in [2.45, 2.75) is 50.6 Å². The van der Waals surface area contributed by atoms with E-state index < -0.39 is 6.16 Å². The van der Waals surface area contributed by atoms with Crippen molar-refractivity contribution in [1.82, 2.24) is 9.97 Å². The van der Waals surface area contributed by atoms with Gasteiger partial charge < -0.3 is 19.6 Å². The summed E-state index contributed by atoms with van der Waals surface area (Å²) in [5.41, 5.74) is 2.61. The van der Waals surface area contributed by atoms with Crippen LogP contribution < -0.4 is 14.5 Å². The van der Waals surface area contributed by atoms with Gasteiger partial charge in [0.2, 0.25) is 5.95 Å². The molecule has 3 aliphatic rings. The minimum Gasteiger partial charge on any atom is -0.449 e. The number of carbonyl (C=O) groups is 2. The maximum absolute atomic E-state index is 14.5. The molecular formula is C31H35ClN5O4+. The lowest BCUT2D eigenvalue weighted by Gasteiger charge is -2.47. The van der Waals surface area contributed by atoms with Crippen LogP contribution in [0.5, 0.6) is 5.75 Å². The quantitative estimate of drug-likeness (QED) is 0.226. The molecule has 10 heteroatoms. The molecule has 1 amide bonds. The molecule has 214 valence electrons. The van der Waals surface area contributed by atoms with E-state index in [1.165, 1.54) is 12.8 Å². The molecule has 2 aromatic carbocycles. The second-order valence-electron chi connectivity index (χ2n) is 11.3. The van der Waals surface area contributed by atoms with Crippen molar-refractivity contribution in [1.29, 1.82) is 0 Å². The van der Waals surface area contributed by atoms with Crippen molar-refractivity contribution < 1.29 is 23.9 Å². The van der Waals surface area contributed by atoms with Crippen molar-refractivity contribution in [3.8, 4) is 5.75 Å². The molecule has 2 unspecified atom stereocenters. The minimum atomic E-state index is -1.35. The lowest BCUT2D eigenvalue weighted by atomic mass is 9.93. The largest absolute Gasteiger partial charge is 0.511 e. The Labute approximate surface area is 244 Å². The summed E-state index contributed by atoms with van der Waals surface area (Å²) in [7, 11) is 2.03. The highest BCUT2D eigenvalue weighted by Gasteiger charge is 2.51. The highest BCUT2D eigenvalue weighted by atomic mass is 35.5. The molecule has 0 bridgehead atoms. The second-order valence-corrected chi connectivity index (χ2v) is 11.7. The number of carboxylic acid groups (broad SMARTS) is 1. The Morgan fingerprint density at radius 1 is 1.00 bits per heavy atom. The number of fused-ring (bicyclic) bond motifs is 1. The topological polar surface area (TPSA) is 95.9 Å². The molecule has 2 saturated heterocycles. The average molecular weight is 577 g/mol. The fourth-order valence-electron chi connectivity index (χ4n) is 6.95. The summed E-state index contributed by atoms with van der Waals surface area (Å²) in [5, 5.41) is 9.64. The van der Waals surface area contributed by atoms with E-state index in [1.807, 2.05) is 37.5 Å². The first-order chi connectivity index (χ1) is 19.8. The van der Waals surface area contributed by atoms with Crippen molar-refractivity contribution in [3.63, 3.8) is 0 Å². The highest BCUT2D eigenvalue weighted by molar-refractivity contribution is 6.33. The van der Waals surface area contributed by atoms with Gasteiger partial charge in [0, 0.05) is 57.2 Å². The van der Waals surface area contributed by atoms with Gasteiger partial charge in [0.05, 0.1) is 23.7 Å². The Kier molecular flexibility index (Phi) is 7.57. The number of hydrogen-bond donors (Lipinski definition) is 1. The van der Waals surface area contributed by atoms with E-state index in [-0.39, 0.29) is 28.2 Å². The number of aromatic nitrogens is 2. The van der Waals surface area contributed by atoms with Crippen LogP contribution in [0.4, 0.5) is 16.6 Å². The Morgan fingerprint density at radius 3 is 2.49 bits per heavy atom. The molecule has 1 aromatic heterocycles. The summed E-state index contributed by atoms with van der Waals surface area (Å²) < 4.78 is 5.17. The molecule has 2 aliphatic heterocycles. The third-order valence-electron chi connectivity index (χ3n) is 9.12. The summed E-state index contributed by atoms with van der Waals surface area (Å²) in [6, 6.07) is 14.5. The lowest BCUT2D eigenvalue weighted by Crippen LogP contribution is -2.60. The predicted molar refractivity (Wildman–Crippen MR) is 157 cm³/mol. The van der Waals surface area contributed by atoms with Gasteiger partial charge in [-0.15, -0.1) is 0 Å². The van der Waals surface area contributed by atoms with Crippen molar-refractivity contribution >= 4 is 35.4 Å². The van der Waals surface area contributed by atoms with E-state index in [2.05, 4.69) is 14.8 Å². The number of hydrogen-bond acceptors (Lipinski definition) is 7. The van der Waals surface area contributed by atoms with E-state index >= 15 is 0 Å². The molecular weight excluding hydrogens is 542 g/mol. The van der Waals surface area contributed by atoms with Crippen LogP contribution in [0.25, 0.3) is 0 Å². The summed E-state index contributed by atoms with van der Waals surface area (Å²) >= 11 is 6.58. The van der Waals surface area contributed by atoms with Crippen LogP contribution in [-0.4, -0.2) is 70.9 Å². The zero-order valence-electron chi connectivity index (χ0n) is 23.2. The number of benzene rings is 2. The fourth-order valence-corrected chi connectivity index (χ4v) is 7.17. The van der Waals surface area contributed by atoms with E-state index in [9.17, 15) is 14.7 Å². The monoisotopic (exact) mass is 576 g/mol. The number of rotatable bonds is 6. The number of aryl methyl sites for hydroxylation is 1. The van der Waals surface area contributed by atoms with Gasteiger partial charge in [-0.2, -0.15) is 4.98 Å². The number of piperidine rings is 1. The fraction of sp³-hybridized carbons (Fsp3) is 0.419. The first-order valence-electron chi connectivity index (χ1n) is 14.4. The van der Waals surface area contributed by atoms with Crippen molar-refractivity contribution in [2.75, 3.05) is 43.0 Å². The Hall–Kier alpha value is -3.69. The van der Waals surface area contributed by atoms with Crippen LogP contribution in [0.3, 0.4) is 0 Å². The van der Waals surface area contributed by atoms with Crippen molar-refractivity contribution in [3.05, 3.63) is 76.4 Å². The van der Waals surface area contributed by atoms with E-state index in [1.54, 1.807) is 24.3 Å². The summed E-state index contributed by atoms with van der Waals surface area (Å²) in [5.74, 6) is 1.97. The molecule has 1 aliphatic carbocycles. The summed E-state index contributed by atoms with van der Waals surface area (Å²) in [6.45, 7) is 3.53. The lowest BCUT2D eigenvalue weighted by molar-refractivity contribution is -0.887. The number of quaternary nitrogens is 1. The standard InChI is InChI=1S/C31H34ClN5O4/c1-37(29(38)24-6-2-3-7-26(24)32,27-11-9-21-8-10-23(20-25(21)27)41-31(39)40)22-13-18-35(19-14-22)28-12-15-33-30(34-28)36-16-4-5-17-36/h2-3,6-8,10,12,15,20,22,27H,4-5,9,11,13-14,16-19H2,1H3/p+1. The highest BCUT2D eigenvalue weighted by Crippen LogP contribution is 2.46. The average Bonchev–Trinajstić information content (AvgIpc) is 3.67. The molecule has 2 fully saturated rings. The van der Waals surface area contributed by atoms with Crippen LogP contribution in [0.1, 0.15) is 59.6 Å². The van der Waals surface area contributed by atoms with Crippen LogP contribution in [0, 0.1) is 0 Å². The van der Waals surface area contributed by atoms with Gasteiger partial charge in [0.15, 0.2) is 0 Å². The molecule has 6 rings (SSSR count). The molecule has 1 N–H and O–H groups in total. The first kappa shape index (κ1) is 27.5. The number of carbonyl (C=O) groups excluding carboxylic acids is 1. The number of anilines is 2. The van der Waals surface area contributed by atoms with Crippen LogP contribution in [0.2, 0.25) is 5.02 Å². The molecule has 0 spiro atoms. The normalized spacial score (nSPS) is 20.5. The second kappa shape index (κ2) is 11.3. The summed E-state index contributed by atoms with van der Waals surface area (Å²) in [4.78, 5) is 39.7. The maximum Gasteiger partial charge on any atom is 0.511 e. The van der Waals surface area contributed by atoms with Crippen LogP contribution in [-0.2, 0) is 6.42 Å². The van der Waals surface area contributed by atoms with Crippen molar-refractivity contribution in [2.24, 2.45) is 0 Å². The third-order valence-corrected chi connectivity index (χ3v) is 9.45. The van der Waals surface area contributed by atoms with Gasteiger partial charge in [-0.05, 0) is 55.2 Å². The minimum absolute atomic E-state index is 0.0187. The molecule has 2 atom stereocenters. The smallest absolute Gasteiger partial charge is 0.449 e. The van der Waals surface area contributed by atoms with E-state index in [4.69, 9.17) is 21.3 Å². The zero-order valence-corrected chi connectivity index (χ0v) is 24.0. The van der Waals surface area contributed by atoms with Gasteiger partial charge in [-0.25, -0.2) is 19.1 Å². The molecule has 41 heavy (non-hydrogen) atoms. The van der Waals surface area contributed by atoms with E-state index in [0.29, 0.717) is 10.6 Å². The van der Waals surface area contributed by atoms with Gasteiger partial charge in [0.1, 0.15) is 17.6 Å². The van der Waals surface area contributed by atoms with Crippen LogP contribution in [0.15, 0.2) is 54.7 Å². The Bertz CT molecular complexity index is 1450. The number of ether oxygens (including phenoxy) is 1. The maximum atomic E-state index is 14.5. The Balaban J connectivity index is 1.30. The van der Waals surface area contributed by atoms with Crippen LogP contribution >= 0.6 is 11.6 Å². The SMILES string of the molecule is C[N+](C(=O)c1ccccc1Cl)(C1CCN(c2ccnc(N3CCCC3)n2)CC1)C1CCc2ccc(OC(=O)O)cc21. The van der Waals surface area contributed by atoms with E-state index in [0.717, 1.165) is 74.8 Å². The number of nitrogens with zero attached hydrogens (tertiary/aromatic N) is 5. The molecule has 0 radical (unpaired) electrons. The van der Waals surface area contributed by atoms with Gasteiger partial charge >= 0.3 is 12.1 Å². The van der Waals surface area contributed by atoms with Gasteiger partial charge in [-0.1, -0.05) is 29.8 Å².